The van der Waals surface area contributed by atoms with Gasteiger partial charge in [-0.05, 0) is 0 Å². The highest BCUT2D eigenvalue weighted by Gasteiger charge is 2.54. The van der Waals surface area contributed by atoms with Crippen molar-refractivity contribution < 1.29 is 24.2 Å². The van der Waals surface area contributed by atoms with Crippen molar-refractivity contribution in [3.63, 3.8) is 0 Å². The summed E-state index contributed by atoms with van der Waals surface area (Å²) in [6.45, 7) is 0.759. The lowest BCUT2D eigenvalue weighted by molar-refractivity contribution is -0.153. The Kier molecular flexibility index (Phi) is 5.06. The molecular weight excluding hydrogens is 379 g/mol. The molecule has 7 nitrogen and oxygen atoms in total. The second-order valence-electron chi connectivity index (χ2n) is 4.57. The van der Waals surface area contributed by atoms with Crippen molar-refractivity contribution in [3.05, 3.63) is 11.5 Å². The molecule has 0 aliphatic carbocycles. The Labute approximate surface area is 144 Å². The molecule has 11 heteroatoms. The third kappa shape index (κ3) is 3.56. The van der Waals surface area contributed by atoms with E-state index in [4.69, 9.17) is 39.5 Å². The molecule has 0 aromatic carbocycles. The number of carbonyl (C=O) groups is 3. The van der Waals surface area contributed by atoms with Crippen LogP contribution in [0.5, 0.6) is 0 Å². The molecule has 22 heavy (non-hydrogen) atoms. The number of hydrogen-bond acceptors (Lipinski definition) is 6. The maximum absolute atomic E-state index is 12.1. The predicted octanol–water partition coefficient (Wildman–Crippen LogP) is 1.09. The summed E-state index contributed by atoms with van der Waals surface area (Å²) in [7, 11) is 0. The first-order valence-corrected chi connectivity index (χ1v) is 8.18. The summed E-state index contributed by atoms with van der Waals surface area (Å²) in [6, 6.07) is -0.744. The summed E-state index contributed by atoms with van der Waals surface area (Å²) in [5, 5.41) is 11.9. The zero-order chi connectivity index (χ0) is 16.7. The van der Waals surface area contributed by atoms with E-state index >= 15 is 0 Å². The largest absolute Gasteiger partial charge is 0.509 e. The summed E-state index contributed by atoms with van der Waals surface area (Å²) >= 11 is 17.7. The van der Waals surface area contributed by atoms with Crippen molar-refractivity contribution in [2.45, 2.75) is 22.1 Å². The van der Waals surface area contributed by atoms with Gasteiger partial charge < -0.3 is 15.2 Å². The van der Waals surface area contributed by atoms with Crippen LogP contribution in [0.3, 0.4) is 0 Å². The van der Waals surface area contributed by atoms with E-state index in [0.717, 1.165) is 4.90 Å². The van der Waals surface area contributed by atoms with Crippen LogP contribution in [0.4, 0.5) is 0 Å². The van der Waals surface area contributed by atoms with Crippen molar-refractivity contribution in [1.29, 1.82) is 0 Å². The predicted molar refractivity (Wildman–Crippen MR) is 81.6 cm³/mol. The third-order valence-electron chi connectivity index (χ3n) is 2.87. The molecule has 1 unspecified atom stereocenters. The zero-order valence-electron chi connectivity index (χ0n) is 11.1. The fourth-order valence-electron chi connectivity index (χ4n) is 2.03. The van der Waals surface area contributed by atoms with Crippen molar-refractivity contribution >= 4 is 64.3 Å². The lowest BCUT2D eigenvalue weighted by Gasteiger charge is -2.48. The number of aliphatic hydroxyl groups is 1. The molecule has 2 heterocycles. The van der Waals surface area contributed by atoms with Gasteiger partial charge in [0.2, 0.25) is 9.70 Å². The van der Waals surface area contributed by atoms with Gasteiger partial charge in [0.15, 0.2) is 5.70 Å². The van der Waals surface area contributed by atoms with Gasteiger partial charge in [-0.2, -0.15) is 0 Å². The Hall–Kier alpha value is -0.830. The van der Waals surface area contributed by atoms with Crippen LogP contribution in [-0.2, 0) is 19.1 Å². The lowest BCUT2D eigenvalue weighted by atomic mass is 10.0. The van der Waals surface area contributed by atoms with E-state index < -0.39 is 33.7 Å². The number of aliphatic hydroxyl groups excluding tert-OH is 1. The number of rotatable bonds is 3. The Morgan fingerprint density at radius 2 is 2.14 bits per heavy atom. The van der Waals surface area contributed by atoms with Gasteiger partial charge in [-0.25, -0.2) is 4.79 Å². The maximum Gasteiger partial charge on any atom is 0.358 e. The zero-order valence-corrected chi connectivity index (χ0v) is 14.2. The normalized spacial score (nSPS) is 24.5. The minimum atomic E-state index is -1.80. The fourth-order valence-corrected chi connectivity index (χ4v) is 3.39. The first-order chi connectivity index (χ1) is 10.1. The molecule has 2 N–H and O–H groups in total. The molecule has 0 bridgehead atoms. The molecule has 2 rings (SSSR count). The number of esters is 1. The summed E-state index contributed by atoms with van der Waals surface area (Å²) in [6.07, 6.45) is 0. The average molecular weight is 390 g/mol. The van der Waals surface area contributed by atoms with Crippen LogP contribution >= 0.6 is 46.6 Å². The SMILES string of the molecule is CC(=O)NC1C(=O)N2C(C(=O)OCC(Cl)(Cl)Cl)=C(O)CS[C@@H]12. The number of carbonyl (C=O) groups excluding carboxylic acids is 3. The summed E-state index contributed by atoms with van der Waals surface area (Å²) in [5.74, 6) is -2.05. The van der Waals surface area contributed by atoms with E-state index in [1.165, 1.54) is 18.7 Å². The standard InChI is InChI=1S/C11H11Cl3N2O5S/c1-4(17)15-6-8(19)16-7(5(18)2-22-9(6)16)10(20)21-3-11(12,13)14/h6,9,18H,2-3H2,1H3,(H,15,17)/t6?,9-/m0/s1. The summed E-state index contributed by atoms with van der Waals surface area (Å²) < 4.78 is 2.99. The van der Waals surface area contributed by atoms with Gasteiger partial charge in [0, 0.05) is 6.92 Å². The van der Waals surface area contributed by atoms with E-state index in [1.54, 1.807) is 0 Å². The van der Waals surface area contributed by atoms with E-state index in [-0.39, 0.29) is 23.1 Å². The number of β-lactam (4-membered cyclic amide) rings is 1. The highest BCUT2D eigenvalue weighted by Crippen LogP contribution is 2.40. The molecule has 122 valence electrons. The first kappa shape index (κ1) is 17.5. The van der Waals surface area contributed by atoms with E-state index in [9.17, 15) is 19.5 Å². The molecule has 0 radical (unpaired) electrons. The molecule has 0 aromatic heterocycles. The van der Waals surface area contributed by atoms with E-state index in [1.807, 2.05) is 0 Å². The van der Waals surface area contributed by atoms with Gasteiger partial charge in [-0.3, -0.25) is 14.5 Å². The molecule has 2 amide bonds. The Bertz CT molecular complexity index is 562. The molecule has 0 aromatic rings. The van der Waals surface area contributed by atoms with Crippen molar-refractivity contribution in [3.8, 4) is 0 Å². The molecule has 1 saturated heterocycles. The Morgan fingerprint density at radius 3 is 2.68 bits per heavy atom. The minimum Gasteiger partial charge on any atom is -0.509 e. The number of nitrogens with one attached hydrogen (secondary N) is 1. The van der Waals surface area contributed by atoms with Gasteiger partial charge in [0.25, 0.3) is 5.91 Å². The number of hydrogen-bond donors (Lipinski definition) is 2. The van der Waals surface area contributed by atoms with Gasteiger partial charge >= 0.3 is 5.97 Å². The van der Waals surface area contributed by atoms with Crippen molar-refractivity contribution in [2.24, 2.45) is 0 Å². The monoisotopic (exact) mass is 388 g/mol. The Balaban J connectivity index is 2.12. The second-order valence-corrected chi connectivity index (χ2v) is 8.20. The quantitative estimate of drug-likeness (QED) is 0.426. The van der Waals surface area contributed by atoms with Gasteiger partial charge in [0.1, 0.15) is 23.8 Å². The van der Waals surface area contributed by atoms with Crippen LogP contribution in [0.25, 0.3) is 0 Å². The average Bonchev–Trinajstić information content (AvgIpc) is 2.41. The number of fused-ring (bicyclic) bond motifs is 1. The second kappa shape index (κ2) is 6.35. The summed E-state index contributed by atoms with van der Waals surface area (Å²) in [5.41, 5.74) is -0.287. The van der Waals surface area contributed by atoms with E-state index in [0.29, 0.717) is 0 Å². The molecule has 2 aliphatic heterocycles. The third-order valence-corrected chi connectivity index (χ3v) is 4.46. The fraction of sp³-hybridized carbons (Fsp3) is 0.545. The molecule has 0 spiro atoms. The van der Waals surface area contributed by atoms with Crippen LogP contribution in [0.2, 0.25) is 0 Å². The minimum absolute atomic E-state index is 0.0999. The smallest absolute Gasteiger partial charge is 0.358 e. The van der Waals surface area contributed by atoms with Crippen LogP contribution < -0.4 is 5.32 Å². The van der Waals surface area contributed by atoms with E-state index in [2.05, 4.69) is 5.32 Å². The molecular formula is C11H11Cl3N2O5S. The highest BCUT2D eigenvalue weighted by molar-refractivity contribution is 8.00. The molecule has 2 aliphatic rings. The number of amides is 2. The van der Waals surface area contributed by atoms with Crippen LogP contribution in [-0.4, -0.2) is 55.4 Å². The number of alkyl halides is 3. The molecule has 1 fully saturated rings. The molecule has 0 saturated carbocycles. The maximum atomic E-state index is 12.1. The van der Waals surface area contributed by atoms with Crippen molar-refractivity contribution in [1.82, 2.24) is 10.2 Å². The topological polar surface area (TPSA) is 95.9 Å². The number of halogens is 3. The van der Waals surface area contributed by atoms with Crippen molar-refractivity contribution in [2.75, 3.05) is 12.4 Å². The highest BCUT2D eigenvalue weighted by atomic mass is 35.6. The van der Waals surface area contributed by atoms with Gasteiger partial charge in [0.05, 0.1) is 5.75 Å². The number of ether oxygens (including phenoxy) is 1. The first-order valence-electron chi connectivity index (χ1n) is 5.99. The van der Waals surface area contributed by atoms with Crippen LogP contribution in [0.1, 0.15) is 6.92 Å². The van der Waals surface area contributed by atoms with Gasteiger partial charge in [-0.15, -0.1) is 11.8 Å². The number of thioether (sulfide) groups is 1. The lowest BCUT2D eigenvalue weighted by Crippen LogP contribution is -2.70. The van der Waals surface area contributed by atoms with Crippen LogP contribution in [0, 0.1) is 0 Å². The van der Waals surface area contributed by atoms with Crippen LogP contribution in [0.15, 0.2) is 11.5 Å². The number of nitrogens with zero attached hydrogens (tertiary/aromatic N) is 1. The van der Waals surface area contributed by atoms with Gasteiger partial charge in [-0.1, -0.05) is 34.8 Å². The Morgan fingerprint density at radius 1 is 1.50 bits per heavy atom. The summed E-state index contributed by atoms with van der Waals surface area (Å²) in [4.78, 5) is 36.2. The molecule has 2 atom stereocenters.